The molecule has 24 heavy (non-hydrogen) atoms. The smallest absolute Gasteiger partial charge is 0.336 e. The Balaban J connectivity index is 1.69. The molecule has 0 saturated carbocycles. The molecule has 0 aliphatic heterocycles. The summed E-state index contributed by atoms with van der Waals surface area (Å²) in [6.45, 7) is 3.67. The predicted molar refractivity (Wildman–Crippen MR) is 92.5 cm³/mol. The van der Waals surface area contributed by atoms with Gasteiger partial charge in [-0.15, -0.1) is 0 Å². The van der Waals surface area contributed by atoms with Crippen molar-refractivity contribution < 1.29 is 13.9 Å². The molecule has 0 saturated heterocycles. The summed E-state index contributed by atoms with van der Waals surface area (Å²) >= 11 is 0. The molecule has 3 rings (SSSR count). The third-order valence-corrected chi connectivity index (χ3v) is 3.59. The van der Waals surface area contributed by atoms with E-state index in [-0.39, 0.29) is 12.5 Å². The van der Waals surface area contributed by atoms with Gasteiger partial charge in [-0.25, -0.2) is 4.79 Å². The van der Waals surface area contributed by atoms with E-state index in [0.29, 0.717) is 11.3 Å². The lowest BCUT2D eigenvalue weighted by Gasteiger charge is -2.09. The van der Waals surface area contributed by atoms with Crippen molar-refractivity contribution in [2.24, 2.45) is 0 Å². The molecule has 5 heteroatoms. The number of benzene rings is 2. The Morgan fingerprint density at radius 2 is 1.96 bits per heavy atom. The Labute approximate surface area is 138 Å². The van der Waals surface area contributed by atoms with Crippen LogP contribution in [0, 0.1) is 13.8 Å². The van der Waals surface area contributed by atoms with Crippen LogP contribution in [0.3, 0.4) is 0 Å². The van der Waals surface area contributed by atoms with Crippen LogP contribution in [0.25, 0.3) is 11.0 Å². The number of ether oxygens (including phenoxy) is 1. The van der Waals surface area contributed by atoms with E-state index in [1.54, 1.807) is 18.2 Å². The molecule has 0 fully saturated rings. The highest BCUT2D eigenvalue weighted by Gasteiger charge is 2.07. The van der Waals surface area contributed by atoms with E-state index in [1.165, 1.54) is 6.07 Å². The summed E-state index contributed by atoms with van der Waals surface area (Å²) in [6, 6.07) is 14.1. The zero-order chi connectivity index (χ0) is 17.1. The molecule has 0 spiro atoms. The molecule has 0 atom stereocenters. The van der Waals surface area contributed by atoms with Crippen LogP contribution in [0.1, 0.15) is 11.1 Å². The van der Waals surface area contributed by atoms with Gasteiger partial charge in [0.25, 0.3) is 5.91 Å². The van der Waals surface area contributed by atoms with E-state index in [0.717, 1.165) is 22.2 Å². The highest BCUT2D eigenvalue weighted by Crippen LogP contribution is 2.22. The first kappa shape index (κ1) is 15.8. The Bertz CT molecular complexity index is 959. The molecule has 0 unspecified atom stereocenters. The van der Waals surface area contributed by atoms with Crippen LogP contribution in [-0.2, 0) is 4.79 Å². The zero-order valence-corrected chi connectivity index (χ0v) is 13.5. The van der Waals surface area contributed by atoms with Gasteiger partial charge in [0.15, 0.2) is 6.61 Å². The van der Waals surface area contributed by atoms with Crippen molar-refractivity contribution in [3.05, 3.63) is 70.1 Å². The number of carbonyl (C=O) groups excluding carboxylic acids is 1. The molecule has 2 aromatic carbocycles. The second-order valence-corrected chi connectivity index (χ2v) is 5.61. The molecule has 1 heterocycles. The Morgan fingerprint density at radius 1 is 1.12 bits per heavy atom. The number of hydrogen-bond acceptors (Lipinski definition) is 4. The second kappa shape index (κ2) is 6.58. The van der Waals surface area contributed by atoms with Gasteiger partial charge in [0.05, 0.1) is 0 Å². The lowest BCUT2D eigenvalue weighted by molar-refractivity contribution is -0.118. The lowest BCUT2D eigenvalue weighted by atomic mass is 10.1. The number of carbonyl (C=O) groups is 1. The fourth-order valence-electron chi connectivity index (χ4n) is 2.46. The lowest BCUT2D eigenvalue weighted by Crippen LogP contribution is -2.20. The van der Waals surface area contributed by atoms with Crippen molar-refractivity contribution in [2.75, 3.05) is 11.9 Å². The van der Waals surface area contributed by atoms with Gasteiger partial charge in [-0.2, -0.15) is 0 Å². The number of nitrogens with one attached hydrogen (secondary N) is 1. The summed E-state index contributed by atoms with van der Waals surface area (Å²) in [5.74, 6) is 0.210. The van der Waals surface area contributed by atoms with E-state index in [9.17, 15) is 9.59 Å². The highest BCUT2D eigenvalue weighted by atomic mass is 16.5. The molecule has 122 valence electrons. The number of amides is 1. The minimum atomic E-state index is -0.408. The zero-order valence-electron chi connectivity index (χ0n) is 13.5. The molecule has 3 aromatic rings. The van der Waals surface area contributed by atoms with E-state index in [4.69, 9.17) is 9.15 Å². The van der Waals surface area contributed by atoms with Crippen molar-refractivity contribution >= 4 is 22.6 Å². The van der Waals surface area contributed by atoms with Crippen LogP contribution in [0.4, 0.5) is 5.69 Å². The monoisotopic (exact) mass is 323 g/mol. The second-order valence-electron chi connectivity index (χ2n) is 5.61. The Hall–Kier alpha value is -3.08. The number of aryl methyl sites for hydroxylation is 2. The molecule has 0 radical (unpaired) electrons. The van der Waals surface area contributed by atoms with E-state index in [1.807, 2.05) is 38.1 Å². The van der Waals surface area contributed by atoms with Crippen LogP contribution >= 0.6 is 0 Å². The Morgan fingerprint density at radius 3 is 2.75 bits per heavy atom. The predicted octanol–water partition coefficient (Wildman–Crippen LogP) is 3.43. The number of rotatable bonds is 4. The minimum absolute atomic E-state index is 0.129. The minimum Gasteiger partial charge on any atom is -0.484 e. The van der Waals surface area contributed by atoms with Gasteiger partial charge in [0.2, 0.25) is 0 Å². The number of hydrogen-bond donors (Lipinski definition) is 1. The van der Waals surface area contributed by atoms with Gasteiger partial charge in [0, 0.05) is 23.2 Å². The topological polar surface area (TPSA) is 68.5 Å². The highest BCUT2D eigenvalue weighted by molar-refractivity contribution is 5.92. The number of fused-ring (bicyclic) bond motifs is 1. The first-order valence-electron chi connectivity index (χ1n) is 7.55. The van der Waals surface area contributed by atoms with Crippen molar-refractivity contribution in [1.29, 1.82) is 0 Å². The fourth-order valence-corrected chi connectivity index (χ4v) is 2.46. The summed E-state index contributed by atoms with van der Waals surface area (Å²) in [4.78, 5) is 23.4. The van der Waals surface area contributed by atoms with Gasteiger partial charge in [-0.05, 0) is 49.2 Å². The molecular formula is C19H17NO4. The van der Waals surface area contributed by atoms with Crippen LogP contribution in [0.2, 0.25) is 0 Å². The molecular weight excluding hydrogens is 306 g/mol. The van der Waals surface area contributed by atoms with Crippen LogP contribution < -0.4 is 15.7 Å². The maximum atomic E-state index is 12.0. The first-order valence-corrected chi connectivity index (χ1v) is 7.55. The van der Waals surface area contributed by atoms with Gasteiger partial charge in [0.1, 0.15) is 11.3 Å². The molecule has 1 amide bonds. The quantitative estimate of drug-likeness (QED) is 0.747. The SMILES string of the molecule is Cc1cccc(NC(=O)COc2ccc3c(C)cc(=O)oc3c2)c1. The van der Waals surface area contributed by atoms with Crippen molar-refractivity contribution in [3.63, 3.8) is 0 Å². The summed E-state index contributed by atoms with van der Waals surface area (Å²) in [6.07, 6.45) is 0. The van der Waals surface area contributed by atoms with E-state index in [2.05, 4.69) is 5.32 Å². The van der Waals surface area contributed by atoms with Gasteiger partial charge in [-0.3, -0.25) is 4.79 Å². The van der Waals surface area contributed by atoms with Crippen LogP contribution in [0.15, 0.2) is 57.7 Å². The number of anilines is 1. The molecule has 0 aliphatic rings. The first-order chi connectivity index (χ1) is 11.5. The van der Waals surface area contributed by atoms with Gasteiger partial charge in [-0.1, -0.05) is 12.1 Å². The summed E-state index contributed by atoms with van der Waals surface area (Å²) in [5, 5.41) is 3.61. The normalized spacial score (nSPS) is 10.6. The van der Waals surface area contributed by atoms with Gasteiger partial charge < -0.3 is 14.5 Å². The van der Waals surface area contributed by atoms with E-state index < -0.39 is 5.63 Å². The standard InChI is InChI=1S/C19H17NO4/c1-12-4-3-5-14(8-12)20-18(21)11-23-15-6-7-16-13(2)9-19(22)24-17(16)10-15/h3-10H,11H2,1-2H3,(H,20,21). The van der Waals surface area contributed by atoms with Crippen LogP contribution in [0.5, 0.6) is 5.75 Å². The van der Waals surface area contributed by atoms with Crippen molar-refractivity contribution in [2.45, 2.75) is 13.8 Å². The van der Waals surface area contributed by atoms with Gasteiger partial charge >= 0.3 is 5.63 Å². The van der Waals surface area contributed by atoms with E-state index >= 15 is 0 Å². The van der Waals surface area contributed by atoms with Crippen LogP contribution in [-0.4, -0.2) is 12.5 Å². The fraction of sp³-hybridized carbons (Fsp3) is 0.158. The van der Waals surface area contributed by atoms with Crippen molar-refractivity contribution in [1.82, 2.24) is 0 Å². The average Bonchev–Trinajstić information content (AvgIpc) is 2.52. The molecule has 5 nitrogen and oxygen atoms in total. The summed E-state index contributed by atoms with van der Waals surface area (Å²) in [5.41, 5.74) is 2.66. The molecule has 1 aromatic heterocycles. The maximum Gasteiger partial charge on any atom is 0.336 e. The molecule has 1 N–H and O–H groups in total. The molecule has 0 aliphatic carbocycles. The summed E-state index contributed by atoms with van der Waals surface area (Å²) in [7, 11) is 0. The summed E-state index contributed by atoms with van der Waals surface area (Å²) < 4.78 is 10.6. The largest absolute Gasteiger partial charge is 0.484 e. The molecule has 0 bridgehead atoms. The third-order valence-electron chi connectivity index (χ3n) is 3.59. The Kier molecular flexibility index (Phi) is 4.33. The maximum absolute atomic E-state index is 12.0. The van der Waals surface area contributed by atoms with Crippen molar-refractivity contribution in [3.8, 4) is 5.75 Å². The average molecular weight is 323 g/mol. The third kappa shape index (κ3) is 3.63.